The first-order chi connectivity index (χ1) is 13.1. The van der Waals surface area contributed by atoms with Crippen molar-refractivity contribution in [1.82, 2.24) is 0 Å². The van der Waals surface area contributed by atoms with E-state index in [1.807, 2.05) is 0 Å². The lowest BCUT2D eigenvalue weighted by atomic mass is 10.2. The van der Waals surface area contributed by atoms with Crippen molar-refractivity contribution >= 4 is 21.7 Å². The molecule has 28 heavy (non-hydrogen) atoms. The Hall–Kier alpha value is -2.95. The zero-order valence-corrected chi connectivity index (χ0v) is 15.0. The molecule has 0 radical (unpaired) electrons. The van der Waals surface area contributed by atoms with Gasteiger partial charge < -0.3 is 14.6 Å². The fourth-order valence-corrected chi connectivity index (χ4v) is 4.01. The number of carbonyl (C=O) groups is 1. The van der Waals surface area contributed by atoms with Crippen molar-refractivity contribution in [3.63, 3.8) is 0 Å². The summed E-state index contributed by atoms with van der Waals surface area (Å²) in [5.74, 6) is -1.07. The van der Waals surface area contributed by atoms with Crippen LogP contribution in [0, 0.1) is 0 Å². The highest BCUT2D eigenvalue weighted by Gasteiger charge is 2.33. The van der Waals surface area contributed by atoms with Crippen LogP contribution in [0.2, 0.25) is 0 Å². The van der Waals surface area contributed by atoms with Gasteiger partial charge in [-0.2, -0.15) is 13.2 Å². The zero-order valence-electron chi connectivity index (χ0n) is 14.1. The molecule has 0 bridgehead atoms. The van der Waals surface area contributed by atoms with Crippen molar-refractivity contribution in [2.75, 3.05) is 24.1 Å². The number of carboxylic acids is 1. The summed E-state index contributed by atoms with van der Waals surface area (Å²) in [5, 5.41) is 9.10. The Morgan fingerprint density at radius 2 is 1.75 bits per heavy atom. The van der Waals surface area contributed by atoms with E-state index in [4.69, 9.17) is 14.6 Å². The molecule has 1 aliphatic heterocycles. The number of halogens is 3. The SMILES string of the molecule is O=C(O)CN(c1cccc(C(F)(F)F)c1)S(=O)(=O)c1ccc2c(c1)OCCO2. The third kappa shape index (κ3) is 3.98. The van der Waals surface area contributed by atoms with Gasteiger partial charge in [0.25, 0.3) is 10.0 Å². The molecule has 0 aromatic heterocycles. The Bertz CT molecular complexity index is 1010. The number of nitrogens with zero attached hydrogens (tertiary/aromatic N) is 1. The summed E-state index contributed by atoms with van der Waals surface area (Å²) in [4.78, 5) is 10.9. The van der Waals surface area contributed by atoms with Gasteiger partial charge in [-0.25, -0.2) is 8.42 Å². The van der Waals surface area contributed by atoms with Crippen LogP contribution >= 0.6 is 0 Å². The molecular formula is C17H14F3NO6S. The summed E-state index contributed by atoms with van der Waals surface area (Å²) in [6.45, 7) is -0.574. The van der Waals surface area contributed by atoms with E-state index in [0.717, 1.165) is 24.3 Å². The molecule has 2 aromatic rings. The minimum Gasteiger partial charge on any atom is -0.486 e. The van der Waals surface area contributed by atoms with Gasteiger partial charge in [-0.05, 0) is 30.3 Å². The highest BCUT2D eigenvalue weighted by atomic mass is 32.2. The van der Waals surface area contributed by atoms with Crippen LogP contribution in [0.1, 0.15) is 5.56 Å². The minimum atomic E-state index is -4.72. The number of sulfonamides is 1. The molecule has 0 aliphatic carbocycles. The second-order valence-electron chi connectivity index (χ2n) is 5.76. The molecule has 1 heterocycles. The van der Waals surface area contributed by atoms with Crippen LogP contribution < -0.4 is 13.8 Å². The van der Waals surface area contributed by atoms with Gasteiger partial charge in [-0.1, -0.05) is 6.07 Å². The van der Waals surface area contributed by atoms with Crippen molar-refractivity contribution in [3.8, 4) is 11.5 Å². The number of fused-ring (bicyclic) bond motifs is 1. The second-order valence-corrected chi connectivity index (χ2v) is 7.62. The molecule has 11 heteroatoms. The smallest absolute Gasteiger partial charge is 0.416 e. The molecule has 0 saturated carbocycles. The van der Waals surface area contributed by atoms with Crippen LogP contribution in [-0.2, 0) is 21.0 Å². The average molecular weight is 417 g/mol. The lowest BCUT2D eigenvalue weighted by Crippen LogP contribution is -2.36. The molecular weight excluding hydrogens is 403 g/mol. The van der Waals surface area contributed by atoms with Crippen LogP contribution in [0.25, 0.3) is 0 Å². The quantitative estimate of drug-likeness (QED) is 0.804. The van der Waals surface area contributed by atoms with Gasteiger partial charge in [-0.3, -0.25) is 9.10 Å². The summed E-state index contributed by atoms with van der Waals surface area (Å²) >= 11 is 0. The first-order valence-electron chi connectivity index (χ1n) is 7.90. The Labute approximate surface area is 158 Å². The van der Waals surface area contributed by atoms with Crippen LogP contribution in [0.4, 0.5) is 18.9 Å². The molecule has 7 nitrogen and oxygen atoms in total. The molecule has 0 unspecified atom stereocenters. The Kier molecular flexibility index (Phi) is 5.11. The maximum atomic E-state index is 13.0. The predicted molar refractivity (Wildman–Crippen MR) is 91.0 cm³/mol. The normalized spacial score (nSPS) is 13.8. The maximum absolute atomic E-state index is 13.0. The van der Waals surface area contributed by atoms with Gasteiger partial charge in [-0.15, -0.1) is 0 Å². The topological polar surface area (TPSA) is 93.1 Å². The maximum Gasteiger partial charge on any atom is 0.416 e. The minimum absolute atomic E-state index is 0.145. The Balaban J connectivity index is 2.07. The highest BCUT2D eigenvalue weighted by Crippen LogP contribution is 2.36. The molecule has 0 spiro atoms. The van der Waals surface area contributed by atoms with E-state index in [2.05, 4.69) is 0 Å². The van der Waals surface area contributed by atoms with E-state index in [1.54, 1.807) is 0 Å². The van der Waals surface area contributed by atoms with E-state index < -0.39 is 40.0 Å². The molecule has 0 amide bonds. The summed E-state index contributed by atoms with van der Waals surface area (Å²) in [6.07, 6.45) is -4.72. The number of aliphatic carboxylic acids is 1. The van der Waals surface area contributed by atoms with Gasteiger partial charge in [0, 0.05) is 6.07 Å². The number of alkyl halides is 3. The number of ether oxygens (including phenoxy) is 2. The lowest BCUT2D eigenvalue weighted by Gasteiger charge is -2.25. The molecule has 3 rings (SSSR count). The summed E-state index contributed by atoms with van der Waals surface area (Å²) in [5.41, 5.74) is -1.52. The molecule has 0 saturated heterocycles. The van der Waals surface area contributed by atoms with Crippen LogP contribution in [-0.4, -0.2) is 39.3 Å². The van der Waals surface area contributed by atoms with Gasteiger partial charge in [0.15, 0.2) is 11.5 Å². The van der Waals surface area contributed by atoms with E-state index in [9.17, 15) is 26.4 Å². The van der Waals surface area contributed by atoms with Crippen LogP contribution in [0.5, 0.6) is 11.5 Å². The van der Waals surface area contributed by atoms with E-state index in [-0.39, 0.29) is 23.9 Å². The molecule has 1 N–H and O–H groups in total. The van der Waals surface area contributed by atoms with E-state index >= 15 is 0 Å². The molecule has 1 aliphatic rings. The number of carboxylic acid groups (broad SMARTS) is 1. The first-order valence-corrected chi connectivity index (χ1v) is 9.34. The number of benzene rings is 2. The summed E-state index contributed by atoms with van der Waals surface area (Å²) < 4.78 is 76.0. The lowest BCUT2D eigenvalue weighted by molar-refractivity contribution is -0.137. The average Bonchev–Trinajstić information content (AvgIpc) is 2.65. The fourth-order valence-electron chi connectivity index (χ4n) is 2.59. The van der Waals surface area contributed by atoms with Crippen LogP contribution in [0.3, 0.4) is 0 Å². The number of rotatable bonds is 5. The van der Waals surface area contributed by atoms with E-state index in [1.165, 1.54) is 12.1 Å². The Morgan fingerprint density at radius 3 is 2.39 bits per heavy atom. The molecule has 0 atom stereocenters. The number of hydrogen-bond donors (Lipinski definition) is 1. The van der Waals surface area contributed by atoms with Gasteiger partial charge in [0.05, 0.1) is 16.1 Å². The molecule has 2 aromatic carbocycles. The fraction of sp³-hybridized carbons (Fsp3) is 0.235. The van der Waals surface area contributed by atoms with Gasteiger partial charge in [0.1, 0.15) is 19.8 Å². The number of anilines is 1. The standard InChI is InChI=1S/C17H14F3NO6S/c18-17(19,20)11-2-1-3-12(8-11)21(10-16(22)23)28(24,25)13-4-5-14-15(9-13)27-7-6-26-14/h1-5,8-9H,6-7,10H2,(H,22,23). The van der Waals surface area contributed by atoms with E-state index in [0.29, 0.717) is 16.1 Å². The van der Waals surface area contributed by atoms with Crippen LogP contribution in [0.15, 0.2) is 47.4 Å². The largest absolute Gasteiger partial charge is 0.486 e. The first kappa shape index (κ1) is 19.8. The molecule has 150 valence electrons. The van der Waals surface area contributed by atoms with Crippen molar-refractivity contribution < 1.29 is 41.0 Å². The summed E-state index contributed by atoms with van der Waals surface area (Å²) in [7, 11) is -4.50. The monoisotopic (exact) mass is 417 g/mol. The zero-order chi connectivity index (χ0) is 20.5. The predicted octanol–water partition coefficient (Wildman–Crippen LogP) is 2.76. The third-order valence-electron chi connectivity index (χ3n) is 3.84. The van der Waals surface area contributed by atoms with Gasteiger partial charge >= 0.3 is 12.1 Å². The van der Waals surface area contributed by atoms with Gasteiger partial charge in [0.2, 0.25) is 0 Å². The van der Waals surface area contributed by atoms with Crippen molar-refractivity contribution in [2.24, 2.45) is 0 Å². The Morgan fingerprint density at radius 1 is 1.07 bits per heavy atom. The third-order valence-corrected chi connectivity index (χ3v) is 5.61. The second kappa shape index (κ2) is 7.23. The van der Waals surface area contributed by atoms with Crippen molar-refractivity contribution in [2.45, 2.75) is 11.1 Å². The highest BCUT2D eigenvalue weighted by molar-refractivity contribution is 7.92. The van der Waals surface area contributed by atoms with Crippen molar-refractivity contribution in [3.05, 3.63) is 48.0 Å². The molecule has 0 fully saturated rings. The van der Waals surface area contributed by atoms with Crippen molar-refractivity contribution in [1.29, 1.82) is 0 Å². The summed E-state index contributed by atoms with van der Waals surface area (Å²) in [6, 6.07) is 7.10. The number of hydrogen-bond acceptors (Lipinski definition) is 5.